The lowest BCUT2D eigenvalue weighted by Gasteiger charge is -2.40. The maximum atomic E-state index is 12.7. The van der Waals surface area contributed by atoms with Crippen LogP contribution in [0.1, 0.15) is 20.3 Å². The van der Waals surface area contributed by atoms with Gasteiger partial charge in [0.2, 0.25) is 0 Å². The third-order valence-corrected chi connectivity index (χ3v) is 2.01. The van der Waals surface area contributed by atoms with E-state index in [2.05, 4.69) is 4.74 Å². The van der Waals surface area contributed by atoms with Crippen molar-refractivity contribution in [3.8, 4) is 0 Å². The van der Waals surface area contributed by atoms with E-state index in [-0.39, 0.29) is 6.42 Å². The van der Waals surface area contributed by atoms with Gasteiger partial charge >= 0.3 is 5.92 Å². The van der Waals surface area contributed by atoms with Crippen molar-refractivity contribution in [1.82, 2.24) is 0 Å². The maximum Gasteiger partial charge on any atom is 0.328 e. The van der Waals surface area contributed by atoms with Gasteiger partial charge in [-0.05, 0) is 13.8 Å². The van der Waals surface area contributed by atoms with Crippen LogP contribution in [0.25, 0.3) is 0 Å². The van der Waals surface area contributed by atoms with Crippen molar-refractivity contribution >= 4 is 0 Å². The predicted octanol–water partition coefficient (Wildman–Crippen LogP) is 2.64. The first kappa shape index (κ1) is 11.4. The van der Waals surface area contributed by atoms with Gasteiger partial charge in [0, 0.05) is 6.42 Å². The molecule has 82 valence electrons. The molecular formula is C9H13F3O2. The number of rotatable bonds is 4. The third-order valence-electron chi connectivity index (χ3n) is 2.01. The van der Waals surface area contributed by atoms with E-state index < -0.39 is 24.5 Å². The summed E-state index contributed by atoms with van der Waals surface area (Å²) in [6.45, 7) is 3.38. The van der Waals surface area contributed by atoms with Crippen molar-refractivity contribution < 1.29 is 22.6 Å². The molecule has 1 saturated heterocycles. The van der Waals surface area contributed by atoms with Crippen molar-refractivity contribution in [2.45, 2.75) is 44.8 Å². The van der Waals surface area contributed by atoms with Gasteiger partial charge in [-0.15, -0.1) is 0 Å². The average Bonchev–Trinajstić information content (AvgIpc) is 2.14. The van der Waals surface area contributed by atoms with E-state index in [1.54, 1.807) is 19.9 Å². The van der Waals surface area contributed by atoms with E-state index in [4.69, 9.17) is 4.74 Å². The Hall–Kier alpha value is -0.710. The molecule has 0 saturated carbocycles. The molecule has 1 heterocycles. The Balaban J connectivity index is 2.32. The van der Waals surface area contributed by atoms with Crippen LogP contribution in [0.15, 0.2) is 12.3 Å². The standard InChI is InChI=1S/C9H13F3O2/c1-3-4-13-6(2)5-7-9(11,12)8(10)14-7/h3-4,6-8H,5H2,1-2H3. The van der Waals surface area contributed by atoms with Gasteiger partial charge in [0.1, 0.15) is 6.10 Å². The monoisotopic (exact) mass is 210 g/mol. The molecule has 1 aliphatic heterocycles. The zero-order valence-corrected chi connectivity index (χ0v) is 8.04. The van der Waals surface area contributed by atoms with Crippen molar-refractivity contribution in [3.63, 3.8) is 0 Å². The van der Waals surface area contributed by atoms with Crippen molar-refractivity contribution in [1.29, 1.82) is 0 Å². The first-order valence-corrected chi connectivity index (χ1v) is 4.42. The van der Waals surface area contributed by atoms with Gasteiger partial charge in [-0.25, -0.2) is 4.39 Å². The van der Waals surface area contributed by atoms with Gasteiger partial charge in [-0.3, -0.25) is 0 Å². The van der Waals surface area contributed by atoms with Gasteiger partial charge in [0.05, 0.1) is 12.4 Å². The van der Waals surface area contributed by atoms with Crippen LogP contribution in [0.2, 0.25) is 0 Å². The minimum absolute atomic E-state index is 0.0161. The lowest BCUT2D eigenvalue weighted by atomic mass is 10.0. The Morgan fingerprint density at radius 2 is 2.21 bits per heavy atom. The number of ether oxygens (including phenoxy) is 2. The van der Waals surface area contributed by atoms with Gasteiger partial charge in [-0.2, -0.15) is 8.78 Å². The van der Waals surface area contributed by atoms with E-state index in [0.717, 1.165) is 0 Å². The highest BCUT2D eigenvalue weighted by atomic mass is 19.3. The highest BCUT2D eigenvalue weighted by Gasteiger charge is 2.60. The second-order valence-electron chi connectivity index (χ2n) is 3.27. The third kappa shape index (κ3) is 2.20. The summed E-state index contributed by atoms with van der Waals surface area (Å²) in [7, 11) is 0. The summed E-state index contributed by atoms with van der Waals surface area (Å²) in [5.41, 5.74) is 0. The topological polar surface area (TPSA) is 18.5 Å². The van der Waals surface area contributed by atoms with E-state index in [1.807, 2.05) is 0 Å². The number of allylic oxidation sites excluding steroid dienone is 1. The molecule has 3 unspecified atom stereocenters. The molecule has 0 aromatic rings. The number of halogens is 3. The molecule has 2 nitrogen and oxygen atoms in total. The van der Waals surface area contributed by atoms with Crippen LogP contribution in [-0.4, -0.2) is 24.5 Å². The van der Waals surface area contributed by atoms with E-state index in [9.17, 15) is 13.2 Å². The molecule has 0 aromatic heterocycles. The van der Waals surface area contributed by atoms with Crippen LogP contribution in [0.3, 0.4) is 0 Å². The molecular weight excluding hydrogens is 197 g/mol. The second kappa shape index (κ2) is 4.21. The molecule has 0 aliphatic carbocycles. The highest BCUT2D eigenvalue weighted by molar-refractivity contribution is 4.91. The largest absolute Gasteiger partial charge is 0.499 e. The first-order chi connectivity index (χ1) is 6.48. The van der Waals surface area contributed by atoms with Crippen molar-refractivity contribution in [2.24, 2.45) is 0 Å². The molecule has 5 heteroatoms. The Morgan fingerprint density at radius 3 is 2.64 bits per heavy atom. The number of hydrogen-bond acceptors (Lipinski definition) is 2. The normalized spacial score (nSPS) is 32.6. The lowest BCUT2D eigenvalue weighted by Crippen LogP contribution is -2.58. The molecule has 0 amide bonds. The summed E-state index contributed by atoms with van der Waals surface area (Å²) in [5, 5.41) is 0. The van der Waals surface area contributed by atoms with E-state index >= 15 is 0 Å². The van der Waals surface area contributed by atoms with Gasteiger partial charge in [0.25, 0.3) is 6.36 Å². The minimum atomic E-state index is -3.37. The van der Waals surface area contributed by atoms with Crippen LogP contribution in [0.4, 0.5) is 13.2 Å². The van der Waals surface area contributed by atoms with Gasteiger partial charge < -0.3 is 9.47 Å². The zero-order valence-electron chi connectivity index (χ0n) is 8.04. The molecule has 3 atom stereocenters. The van der Waals surface area contributed by atoms with Crippen molar-refractivity contribution in [3.05, 3.63) is 12.3 Å². The SMILES string of the molecule is CC=COC(C)CC1OC(F)C1(F)F. The highest BCUT2D eigenvalue weighted by Crippen LogP contribution is 2.41. The van der Waals surface area contributed by atoms with Crippen LogP contribution < -0.4 is 0 Å². The summed E-state index contributed by atoms with van der Waals surface area (Å²) in [4.78, 5) is 0. The van der Waals surface area contributed by atoms with Crippen molar-refractivity contribution in [2.75, 3.05) is 0 Å². The van der Waals surface area contributed by atoms with E-state index in [0.29, 0.717) is 0 Å². The van der Waals surface area contributed by atoms with Crippen LogP contribution >= 0.6 is 0 Å². The van der Waals surface area contributed by atoms with Crippen LogP contribution in [0, 0.1) is 0 Å². The fraction of sp³-hybridized carbons (Fsp3) is 0.778. The van der Waals surface area contributed by atoms with Crippen LogP contribution in [0.5, 0.6) is 0 Å². The zero-order chi connectivity index (χ0) is 10.8. The van der Waals surface area contributed by atoms with E-state index in [1.165, 1.54) is 6.26 Å². The summed E-state index contributed by atoms with van der Waals surface area (Å²) >= 11 is 0. The molecule has 0 radical (unpaired) electrons. The van der Waals surface area contributed by atoms with Crippen LogP contribution in [-0.2, 0) is 9.47 Å². The molecule has 14 heavy (non-hydrogen) atoms. The fourth-order valence-electron chi connectivity index (χ4n) is 1.18. The summed E-state index contributed by atoms with van der Waals surface area (Å²) in [6.07, 6.45) is -1.19. The molecule has 0 bridgehead atoms. The Labute approximate surface area is 80.7 Å². The average molecular weight is 210 g/mol. The Morgan fingerprint density at radius 1 is 1.57 bits per heavy atom. The van der Waals surface area contributed by atoms with Gasteiger partial charge in [0.15, 0.2) is 0 Å². The number of hydrogen-bond donors (Lipinski definition) is 0. The summed E-state index contributed by atoms with van der Waals surface area (Å²) in [6, 6.07) is 0. The molecule has 1 rings (SSSR count). The lowest BCUT2D eigenvalue weighted by molar-refractivity contribution is -0.362. The minimum Gasteiger partial charge on any atom is -0.499 e. The predicted molar refractivity (Wildman–Crippen MR) is 44.7 cm³/mol. The Bertz CT molecular complexity index is 218. The molecule has 0 spiro atoms. The fourth-order valence-corrected chi connectivity index (χ4v) is 1.18. The molecule has 0 N–H and O–H groups in total. The smallest absolute Gasteiger partial charge is 0.328 e. The summed E-state index contributed by atoms with van der Waals surface area (Å²) in [5.74, 6) is -3.37. The molecule has 0 aromatic carbocycles. The summed E-state index contributed by atoms with van der Waals surface area (Å²) < 4.78 is 46.9. The Kier molecular flexibility index (Phi) is 3.42. The maximum absolute atomic E-state index is 12.7. The quantitative estimate of drug-likeness (QED) is 0.664. The molecule has 1 aliphatic rings. The van der Waals surface area contributed by atoms with Gasteiger partial charge in [-0.1, -0.05) is 6.08 Å². The number of alkyl halides is 3. The second-order valence-corrected chi connectivity index (χ2v) is 3.27. The first-order valence-electron chi connectivity index (χ1n) is 4.42. The molecule has 1 fully saturated rings.